The Labute approximate surface area is 124 Å². The summed E-state index contributed by atoms with van der Waals surface area (Å²) in [6.07, 6.45) is 5.14. The zero-order valence-electron chi connectivity index (χ0n) is 12.1. The van der Waals surface area contributed by atoms with Crippen LogP contribution in [0.5, 0.6) is 0 Å². The summed E-state index contributed by atoms with van der Waals surface area (Å²) < 4.78 is 5.35. The first kappa shape index (κ1) is 15.1. The zero-order valence-corrected chi connectivity index (χ0v) is 12.1. The van der Waals surface area contributed by atoms with Crippen LogP contribution in [0.25, 0.3) is 0 Å². The summed E-state index contributed by atoms with van der Waals surface area (Å²) in [6.45, 7) is 2.67. The lowest BCUT2D eigenvalue weighted by molar-refractivity contribution is 0.0975. The molecule has 0 aromatic heterocycles. The van der Waals surface area contributed by atoms with Gasteiger partial charge in [-0.05, 0) is 31.4 Å². The van der Waals surface area contributed by atoms with E-state index in [-0.39, 0.29) is 18.7 Å². The highest BCUT2D eigenvalue weighted by Crippen LogP contribution is 2.20. The predicted molar refractivity (Wildman–Crippen MR) is 80.4 cm³/mol. The van der Waals surface area contributed by atoms with E-state index in [1.165, 1.54) is 0 Å². The molecule has 1 aromatic carbocycles. The second-order valence-electron chi connectivity index (χ2n) is 5.04. The molecule has 1 unspecified atom stereocenters. The average molecular weight is 288 g/mol. The number of oxime groups is 1. The molecule has 1 amide bonds. The van der Waals surface area contributed by atoms with E-state index < -0.39 is 0 Å². The average Bonchev–Trinajstić information content (AvgIpc) is 2.99. The first-order valence-electron chi connectivity index (χ1n) is 7.05. The number of likely N-dealkylation sites (tertiary alicyclic amines) is 1. The van der Waals surface area contributed by atoms with Gasteiger partial charge in [0.1, 0.15) is 6.61 Å². The van der Waals surface area contributed by atoms with Crippen LogP contribution in [0.1, 0.15) is 25.3 Å². The SMILES string of the molecule is CC(C=CC1CCCN1C(=O)OCc1ccccc1)=NO. The van der Waals surface area contributed by atoms with E-state index in [1.54, 1.807) is 17.9 Å². The zero-order chi connectivity index (χ0) is 15.1. The maximum absolute atomic E-state index is 12.1. The summed E-state index contributed by atoms with van der Waals surface area (Å²) >= 11 is 0. The number of nitrogens with zero attached hydrogens (tertiary/aromatic N) is 2. The quantitative estimate of drug-likeness (QED) is 0.526. The molecule has 112 valence electrons. The van der Waals surface area contributed by atoms with E-state index in [1.807, 2.05) is 36.4 Å². The molecular weight excluding hydrogens is 268 g/mol. The third-order valence-corrected chi connectivity index (χ3v) is 3.46. The highest BCUT2D eigenvalue weighted by Gasteiger charge is 2.27. The van der Waals surface area contributed by atoms with Gasteiger partial charge in [-0.2, -0.15) is 0 Å². The van der Waals surface area contributed by atoms with E-state index >= 15 is 0 Å². The molecule has 1 aliphatic heterocycles. The van der Waals surface area contributed by atoms with Crippen molar-refractivity contribution >= 4 is 11.8 Å². The van der Waals surface area contributed by atoms with Crippen LogP contribution in [0.2, 0.25) is 0 Å². The van der Waals surface area contributed by atoms with Crippen molar-refractivity contribution < 1.29 is 14.7 Å². The Morgan fingerprint density at radius 2 is 2.24 bits per heavy atom. The van der Waals surface area contributed by atoms with Crippen molar-refractivity contribution in [1.29, 1.82) is 0 Å². The van der Waals surface area contributed by atoms with Gasteiger partial charge in [0.2, 0.25) is 0 Å². The smallest absolute Gasteiger partial charge is 0.410 e. The van der Waals surface area contributed by atoms with Gasteiger partial charge in [-0.1, -0.05) is 41.6 Å². The van der Waals surface area contributed by atoms with Crippen molar-refractivity contribution in [2.45, 2.75) is 32.4 Å². The molecule has 1 heterocycles. The number of hydrogen-bond donors (Lipinski definition) is 1. The number of carbonyl (C=O) groups excluding carboxylic acids is 1. The highest BCUT2D eigenvalue weighted by atomic mass is 16.6. The molecule has 0 aliphatic carbocycles. The number of ether oxygens (including phenoxy) is 1. The van der Waals surface area contributed by atoms with Gasteiger partial charge in [-0.25, -0.2) is 4.79 Å². The van der Waals surface area contributed by atoms with Gasteiger partial charge in [0.05, 0.1) is 11.8 Å². The molecule has 0 spiro atoms. The first-order chi connectivity index (χ1) is 10.2. The van der Waals surface area contributed by atoms with E-state index in [0.717, 1.165) is 18.4 Å². The number of rotatable bonds is 4. The van der Waals surface area contributed by atoms with Crippen LogP contribution in [-0.4, -0.2) is 34.5 Å². The molecule has 1 atom stereocenters. The van der Waals surface area contributed by atoms with Crippen LogP contribution >= 0.6 is 0 Å². The molecule has 2 rings (SSSR count). The van der Waals surface area contributed by atoms with Gasteiger partial charge >= 0.3 is 6.09 Å². The number of benzene rings is 1. The molecule has 21 heavy (non-hydrogen) atoms. The third kappa shape index (κ3) is 4.34. The third-order valence-electron chi connectivity index (χ3n) is 3.46. The molecular formula is C16H20N2O3. The number of amides is 1. The largest absolute Gasteiger partial charge is 0.445 e. The molecule has 0 radical (unpaired) electrons. The van der Waals surface area contributed by atoms with Crippen molar-refractivity contribution in [3.05, 3.63) is 48.0 Å². The minimum Gasteiger partial charge on any atom is -0.445 e. The molecule has 1 aromatic rings. The lowest BCUT2D eigenvalue weighted by atomic mass is 10.2. The van der Waals surface area contributed by atoms with Crippen molar-refractivity contribution in [1.82, 2.24) is 4.90 Å². The van der Waals surface area contributed by atoms with Crippen LogP contribution in [-0.2, 0) is 11.3 Å². The van der Waals surface area contributed by atoms with Crippen molar-refractivity contribution in [2.75, 3.05) is 6.54 Å². The van der Waals surface area contributed by atoms with Gasteiger partial charge < -0.3 is 14.8 Å². The van der Waals surface area contributed by atoms with Gasteiger partial charge in [0.15, 0.2) is 0 Å². The maximum atomic E-state index is 12.1. The fourth-order valence-corrected chi connectivity index (χ4v) is 2.31. The Kier molecular flexibility index (Phi) is 5.37. The van der Waals surface area contributed by atoms with Gasteiger partial charge in [-0.3, -0.25) is 0 Å². The van der Waals surface area contributed by atoms with Crippen LogP contribution < -0.4 is 0 Å². The second kappa shape index (κ2) is 7.47. The summed E-state index contributed by atoms with van der Waals surface area (Å²) in [7, 11) is 0. The second-order valence-corrected chi connectivity index (χ2v) is 5.04. The molecule has 0 bridgehead atoms. The Morgan fingerprint density at radius 3 is 2.95 bits per heavy atom. The Hall–Kier alpha value is -2.30. The lowest BCUT2D eigenvalue weighted by Gasteiger charge is -2.21. The van der Waals surface area contributed by atoms with E-state index in [9.17, 15) is 4.79 Å². The van der Waals surface area contributed by atoms with Gasteiger partial charge in [-0.15, -0.1) is 0 Å². The topological polar surface area (TPSA) is 62.1 Å². The number of hydrogen-bond acceptors (Lipinski definition) is 4. The molecule has 1 fully saturated rings. The summed E-state index contributed by atoms with van der Waals surface area (Å²) in [4.78, 5) is 13.8. The fourth-order valence-electron chi connectivity index (χ4n) is 2.31. The molecule has 5 heteroatoms. The van der Waals surface area contributed by atoms with Crippen molar-refractivity contribution in [2.24, 2.45) is 5.16 Å². The predicted octanol–water partition coefficient (Wildman–Crippen LogP) is 3.19. The lowest BCUT2D eigenvalue weighted by Crippen LogP contribution is -2.34. The standard InChI is InChI=1S/C16H20N2O3/c1-13(17-20)9-10-15-8-5-11-18(15)16(19)21-12-14-6-3-2-4-7-14/h2-4,6-7,9-10,15,20H,5,8,11-12H2,1H3. The van der Waals surface area contributed by atoms with E-state index in [0.29, 0.717) is 12.3 Å². The summed E-state index contributed by atoms with van der Waals surface area (Å²) in [5.74, 6) is 0. The van der Waals surface area contributed by atoms with E-state index in [2.05, 4.69) is 5.16 Å². The first-order valence-corrected chi connectivity index (χ1v) is 7.05. The molecule has 0 saturated carbocycles. The molecule has 1 aliphatic rings. The molecule has 5 nitrogen and oxygen atoms in total. The van der Waals surface area contributed by atoms with Crippen LogP contribution in [0.15, 0.2) is 47.6 Å². The molecule has 1 saturated heterocycles. The van der Waals surface area contributed by atoms with E-state index in [4.69, 9.17) is 9.94 Å². The monoisotopic (exact) mass is 288 g/mol. The van der Waals surface area contributed by atoms with Crippen LogP contribution in [0, 0.1) is 0 Å². The Morgan fingerprint density at radius 1 is 1.48 bits per heavy atom. The molecule has 1 N–H and O–H groups in total. The summed E-state index contributed by atoms with van der Waals surface area (Å²) in [5.41, 5.74) is 1.49. The number of carbonyl (C=O) groups is 1. The van der Waals surface area contributed by atoms with Gasteiger partial charge in [0.25, 0.3) is 0 Å². The van der Waals surface area contributed by atoms with Crippen molar-refractivity contribution in [3.8, 4) is 0 Å². The summed E-state index contributed by atoms with van der Waals surface area (Å²) in [6, 6.07) is 9.62. The minimum atomic E-state index is -0.301. The van der Waals surface area contributed by atoms with Gasteiger partial charge in [0, 0.05) is 6.54 Å². The van der Waals surface area contributed by atoms with Crippen LogP contribution in [0.4, 0.5) is 4.79 Å². The Bertz CT molecular complexity index is 526. The number of allylic oxidation sites excluding steroid dienone is 1. The normalized spacial score (nSPS) is 19.2. The fraction of sp³-hybridized carbons (Fsp3) is 0.375. The van der Waals surface area contributed by atoms with Crippen molar-refractivity contribution in [3.63, 3.8) is 0 Å². The Balaban J connectivity index is 1.90. The maximum Gasteiger partial charge on any atom is 0.410 e. The minimum absolute atomic E-state index is 0.00460. The van der Waals surface area contributed by atoms with Crippen LogP contribution in [0.3, 0.4) is 0 Å². The summed E-state index contributed by atoms with van der Waals surface area (Å²) in [5, 5.41) is 11.7. The highest BCUT2D eigenvalue weighted by molar-refractivity contribution is 5.92.